The van der Waals surface area contributed by atoms with Gasteiger partial charge in [0, 0.05) is 41.8 Å². The van der Waals surface area contributed by atoms with E-state index in [2.05, 4.69) is 23.1 Å². The van der Waals surface area contributed by atoms with Crippen LogP contribution in [-0.2, 0) is 29.6 Å². The summed E-state index contributed by atoms with van der Waals surface area (Å²) in [5.41, 5.74) is 8.77. The predicted octanol–water partition coefficient (Wildman–Crippen LogP) is 1.96. The summed E-state index contributed by atoms with van der Waals surface area (Å²) in [6.07, 6.45) is 5.86. The molecule has 6 heteroatoms. The summed E-state index contributed by atoms with van der Waals surface area (Å²) < 4.78 is 0. The van der Waals surface area contributed by atoms with Crippen LogP contribution in [0.5, 0.6) is 0 Å². The SMILES string of the molecule is CC(C)(C(=O)[O-])c1ccc(CN2CCC(=C3c4ccc(Cl)cc4CCc4cccnc43)CC2)cc1.[Na+]. The van der Waals surface area contributed by atoms with Crippen LogP contribution < -0.4 is 34.7 Å². The number of benzene rings is 2. The molecule has 180 valence electrons. The zero-order chi connectivity index (χ0) is 24.6. The fraction of sp³-hybridized carbons (Fsp3) is 0.333. The van der Waals surface area contributed by atoms with Gasteiger partial charge in [0.15, 0.2) is 0 Å². The van der Waals surface area contributed by atoms with Crippen LogP contribution in [-0.4, -0.2) is 28.9 Å². The molecule has 3 aromatic rings. The van der Waals surface area contributed by atoms with Crippen LogP contribution in [0.25, 0.3) is 5.57 Å². The normalized spacial score (nSPS) is 16.0. The molecule has 4 nitrogen and oxygen atoms in total. The van der Waals surface area contributed by atoms with E-state index in [0.29, 0.717) is 0 Å². The molecule has 0 atom stereocenters. The molecule has 0 N–H and O–H groups in total. The quantitative estimate of drug-likeness (QED) is 0.506. The van der Waals surface area contributed by atoms with Gasteiger partial charge in [0.1, 0.15) is 0 Å². The maximum Gasteiger partial charge on any atom is 1.00 e. The van der Waals surface area contributed by atoms with Crippen molar-refractivity contribution in [1.82, 2.24) is 9.88 Å². The number of aromatic nitrogens is 1. The summed E-state index contributed by atoms with van der Waals surface area (Å²) in [5, 5.41) is 12.2. The summed E-state index contributed by atoms with van der Waals surface area (Å²) in [4.78, 5) is 18.7. The summed E-state index contributed by atoms with van der Waals surface area (Å²) in [6.45, 7) is 6.19. The van der Waals surface area contributed by atoms with Crippen molar-refractivity contribution < 1.29 is 39.5 Å². The number of piperidine rings is 1. The smallest absolute Gasteiger partial charge is 0.549 e. The van der Waals surface area contributed by atoms with Crippen LogP contribution in [0.15, 0.2) is 66.4 Å². The number of carboxylic acids is 1. The maximum atomic E-state index is 11.4. The average molecular weight is 509 g/mol. The number of carboxylic acid groups (broad SMARTS) is 1. The molecular weight excluding hydrogens is 479 g/mol. The van der Waals surface area contributed by atoms with E-state index in [0.717, 1.165) is 61.6 Å². The number of fused-ring (bicyclic) bond motifs is 2. The Hall–Kier alpha value is -1.95. The number of hydrogen-bond acceptors (Lipinski definition) is 4. The molecular formula is C30H30ClN2NaO2. The van der Waals surface area contributed by atoms with Crippen LogP contribution in [0.3, 0.4) is 0 Å². The fourth-order valence-corrected chi connectivity index (χ4v) is 5.46. The summed E-state index contributed by atoms with van der Waals surface area (Å²) >= 11 is 6.35. The third-order valence-electron chi connectivity index (χ3n) is 7.53. The van der Waals surface area contributed by atoms with Crippen molar-refractivity contribution in [2.75, 3.05) is 13.1 Å². The third kappa shape index (κ3) is 5.49. The van der Waals surface area contributed by atoms with E-state index in [-0.39, 0.29) is 29.6 Å². The van der Waals surface area contributed by atoms with Gasteiger partial charge in [-0.3, -0.25) is 9.88 Å². The van der Waals surface area contributed by atoms with Gasteiger partial charge in [-0.2, -0.15) is 0 Å². The Labute approximate surface area is 240 Å². The Morgan fingerprint density at radius 3 is 2.39 bits per heavy atom. The Kier molecular flexibility index (Phi) is 8.43. The second-order valence-electron chi connectivity index (χ2n) is 10.2. The number of aryl methyl sites for hydroxylation is 2. The van der Waals surface area contributed by atoms with E-state index in [1.54, 1.807) is 13.8 Å². The second kappa shape index (κ2) is 11.2. The van der Waals surface area contributed by atoms with E-state index in [9.17, 15) is 9.90 Å². The first-order valence-electron chi connectivity index (χ1n) is 12.3. The zero-order valence-electron chi connectivity index (χ0n) is 21.3. The first kappa shape index (κ1) is 27.1. The van der Waals surface area contributed by atoms with Gasteiger partial charge in [-0.25, -0.2) is 0 Å². The van der Waals surface area contributed by atoms with E-state index in [1.165, 1.54) is 33.4 Å². The van der Waals surface area contributed by atoms with Crippen molar-refractivity contribution in [2.24, 2.45) is 0 Å². The number of halogens is 1. The molecule has 2 aliphatic rings. The van der Waals surface area contributed by atoms with Crippen LogP contribution in [0.2, 0.25) is 5.02 Å². The minimum atomic E-state index is -1.06. The van der Waals surface area contributed by atoms with Crippen LogP contribution in [0.4, 0.5) is 0 Å². The van der Waals surface area contributed by atoms with Gasteiger partial charge in [-0.05, 0) is 71.7 Å². The van der Waals surface area contributed by atoms with Gasteiger partial charge in [-0.1, -0.05) is 67.4 Å². The minimum Gasteiger partial charge on any atom is -0.549 e. The van der Waals surface area contributed by atoms with E-state index in [1.807, 2.05) is 42.6 Å². The van der Waals surface area contributed by atoms with E-state index in [4.69, 9.17) is 16.6 Å². The number of nitrogens with zero attached hydrogens (tertiary/aromatic N) is 2. The molecule has 0 unspecified atom stereocenters. The minimum absolute atomic E-state index is 0. The second-order valence-corrected chi connectivity index (χ2v) is 10.6. The van der Waals surface area contributed by atoms with E-state index >= 15 is 0 Å². The standard InChI is InChI=1S/C30H31ClN2O2.Na/c1-30(2,29(34)35)24-9-5-20(6-10-24)19-33-16-13-21(14-17-33)27-26-12-11-25(31)18-23(26)8-7-22-4-3-15-32-28(22)27;/h3-6,9-12,15,18H,7-8,13-14,16-17,19H2,1-2H3,(H,34,35);/q;+1/p-1. The van der Waals surface area contributed by atoms with Gasteiger partial charge in [0.25, 0.3) is 0 Å². The van der Waals surface area contributed by atoms with Crippen molar-refractivity contribution in [3.8, 4) is 0 Å². The number of pyridine rings is 1. The van der Waals surface area contributed by atoms with Gasteiger partial charge in [0.2, 0.25) is 0 Å². The number of aliphatic carboxylic acids is 1. The Morgan fingerprint density at radius 2 is 1.69 bits per heavy atom. The number of carbonyl (C=O) groups excluding carboxylic acids is 1. The summed E-state index contributed by atoms with van der Waals surface area (Å²) in [5.74, 6) is -1.06. The number of hydrogen-bond donors (Lipinski definition) is 0. The monoisotopic (exact) mass is 508 g/mol. The summed E-state index contributed by atoms with van der Waals surface area (Å²) in [6, 6.07) is 18.4. The predicted molar refractivity (Wildman–Crippen MR) is 138 cm³/mol. The molecule has 0 spiro atoms. The molecule has 2 aromatic carbocycles. The molecule has 36 heavy (non-hydrogen) atoms. The van der Waals surface area contributed by atoms with Crippen LogP contribution >= 0.6 is 11.6 Å². The van der Waals surface area contributed by atoms with Gasteiger partial charge in [0.05, 0.1) is 11.7 Å². The molecule has 0 amide bonds. The van der Waals surface area contributed by atoms with Crippen molar-refractivity contribution in [2.45, 2.75) is 51.5 Å². The van der Waals surface area contributed by atoms with Crippen LogP contribution in [0.1, 0.15) is 60.2 Å². The first-order chi connectivity index (χ1) is 16.8. The molecule has 1 saturated heterocycles. The molecule has 0 saturated carbocycles. The van der Waals surface area contributed by atoms with Gasteiger partial charge < -0.3 is 9.90 Å². The fourth-order valence-electron chi connectivity index (χ4n) is 5.27. The zero-order valence-corrected chi connectivity index (χ0v) is 24.1. The third-order valence-corrected chi connectivity index (χ3v) is 7.77. The summed E-state index contributed by atoms with van der Waals surface area (Å²) in [7, 11) is 0. The largest absolute Gasteiger partial charge is 1.00 e. The van der Waals surface area contributed by atoms with E-state index < -0.39 is 11.4 Å². The Bertz CT molecular complexity index is 1290. The Morgan fingerprint density at radius 1 is 1.00 bits per heavy atom. The number of rotatable bonds is 4. The molecule has 1 aliphatic heterocycles. The molecule has 0 radical (unpaired) electrons. The number of likely N-dealkylation sites (tertiary alicyclic amines) is 1. The Balaban J connectivity index is 0.00000304. The molecule has 1 aromatic heterocycles. The number of carbonyl (C=O) groups is 1. The molecule has 5 rings (SSSR count). The molecule has 2 heterocycles. The molecule has 1 fully saturated rings. The van der Waals surface area contributed by atoms with Gasteiger partial charge >= 0.3 is 29.6 Å². The maximum absolute atomic E-state index is 11.4. The van der Waals surface area contributed by atoms with Crippen molar-refractivity contribution in [3.63, 3.8) is 0 Å². The average Bonchev–Trinajstić information content (AvgIpc) is 3.01. The first-order valence-corrected chi connectivity index (χ1v) is 12.7. The van der Waals surface area contributed by atoms with Crippen molar-refractivity contribution in [3.05, 3.63) is 105 Å². The van der Waals surface area contributed by atoms with Crippen molar-refractivity contribution >= 4 is 23.1 Å². The topological polar surface area (TPSA) is 56.3 Å². The molecule has 1 aliphatic carbocycles. The van der Waals surface area contributed by atoms with Crippen molar-refractivity contribution in [1.29, 1.82) is 0 Å². The van der Waals surface area contributed by atoms with Gasteiger partial charge in [-0.15, -0.1) is 0 Å². The molecule has 0 bridgehead atoms. The van der Waals surface area contributed by atoms with Crippen LogP contribution in [0, 0.1) is 0 Å².